The summed E-state index contributed by atoms with van der Waals surface area (Å²) in [4.78, 5) is 26.6. The molecule has 0 bridgehead atoms. The Morgan fingerprint density at radius 1 is 1.03 bits per heavy atom. The number of pyridine rings is 1. The van der Waals surface area contributed by atoms with E-state index in [4.69, 9.17) is 0 Å². The number of carbonyl (C=O) groups is 1. The van der Waals surface area contributed by atoms with E-state index in [1.54, 1.807) is 12.3 Å². The number of H-pyrrole nitrogens is 2. The highest BCUT2D eigenvalue weighted by Gasteiger charge is 2.71. The van der Waals surface area contributed by atoms with Gasteiger partial charge in [-0.2, -0.15) is 26.3 Å². The molecule has 3 aromatic heterocycles. The molecule has 3 heterocycles. The van der Waals surface area contributed by atoms with Crippen LogP contribution < -0.4 is 5.32 Å². The van der Waals surface area contributed by atoms with E-state index in [9.17, 15) is 36.2 Å². The second-order valence-electron chi connectivity index (χ2n) is 6.95. The summed E-state index contributed by atoms with van der Waals surface area (Å²) in [6, 6.07) is 4.33. The van der Waals surface area contributed by atoms with Crippen molar-refractivity contribution in [2.75, 3.05) is 5.32 Å². The number of nitrogens with zero attached hydrogens (tertiary/aromatic N) is 2. The molecule has 7 nitrogen and oxygen atoms in total. The predicted octanol–water partition coefficient (Wildman–Crippen LogP) is 3.93. The minimum absolute atomic E-state index is 0.0590. The SMILES string of the molecule is O=C(Cc1nc2c(cnc3[nH]ccc32)[nH]1)Nc1ccc(C(O)(C(F)(F)F)C(F)(F)F)cc1. The summed E-state index contributed by atoms with van der Waals surface area (Å²) in [6.07, 6.45) is -9.00. The third-order valence-corrected chi connectivity index (χ3v) is 4.82. The second-order valence-corrected chi connectivity index (χ2v) is 6.95. The minimum atomic E-state index is -5.99. The van der Waals surface area contributed by atoms with Crippen LogP contribution in [0.25, 0.3) is 22.1 Å². The summed E-state index contributed by atoms with van der Waals surface area (Å²) in [7, 11) is 0. The Kier molecular flexibility index (Phi) is 4.88. The summed E-state index contributed by atoms with van der Waals surface area (Å²) in [5, 5.41) is 12.5. The molecule has 0 atom stereocenters. The zero-order valence-corrected chi connectivity index (χ0v) is 15.8. The fourth-order valence-corrected chi connectivity index (χ4v) is 3.25. The van der Waals surface area contributed by atoms with Crippen molar-refractivity contribution in [3.05, 3.63) is 54.1 Å². The molecule has 13 heteroatoms. The first kappa shape index (κ1) is 21.6. The number of aliphatic hydroxyl groups is 1. The predicted molar refractivity (Wildman–Crippen MR) is 101 cm³/mol. The molecule has 4 N–H and O–H groups in total. The molecule has 0 fully saturated rings. The number of aromatic amines is 2. The Hall–Kier alpha value is -3.61. The van der Waals surface area contributed by atoms with Gasteiger partial charge >= 0.3 is 12.4 Å². The van der Waals surface area contributed by atoms with Gasteiger partial charge < -0.3 is 20.4 Å². The van der Waals surface area contributed by atoms with E-state index in [-0.39, 0.29) is 17.9 Å². The lowest BCUT2D eigenvalue weighted by molar-refractivity contribution is -0.376. The van der Waals surface area contributed by atoms with Gasteiger partial charge in [-0.05, 0) is 18.2 Å². The largest absolute Gasteiger partial charge is 0.430 e. The van der Waals surface area contributed by atoms with Gasteiger partial charge in [0, 0.05) is 22.8 Å². The van der Waals surface area contributed by atoms with Crippen LogP contribution in [0.5, 0.6) is 0 Å². The maximum Gasteiger partial charge on any atom is 0.430 e. The molecule has 0 aliphatic rings. The first-order valence-corrected chi connectivity index (χ1v) is 8.97. The number of hydrogen-bond donors (Lipinski definition) is 4. The zero-order chi connectivity index (χ0) is 23.3. The van der Waals surface area contributed by atoms with E-state index in [0.717, 1.165) is 17.5 Å². The normalized spacial score (nSPS) is 13.1. The average molecular weight is 457 g/mol. The Morgan fingerprint density at radius 2 is 1.69 bits per heavy atom. The van der Waals surface area contributed by atoms with Crippen molar-refractivity contribution in [2.45, 2.75) is 24.4 Å². The van der Waals surface area contributed by atoms with E-state index in [2.05, 4.69) is 25.3 Å². The van der Waals surface area contributed by atoms with E-state index < -0.39 is 29.4 Å². The Bertz CT molecular complexity index is 1280. The first-order chi connectivity index (χ1) is 14.9. The number of hydrogen-bond acceptors (Lipinski definition) is 4. The average Bonchev–Trinajstić information content (AvgIpc) is 3.31. The fourth-order valence-electron chi connectivity index (χ4n) is 3.25. The van der Waals surface area contributed by atoms with Crippen LogP contribution in [0.15, 0.2) is 42.7 Å². The lowest BCUT2D eigenvalue weighted by Gasteiger charge is -2.32. The van der Waals surface area contributed by atoms with Crippen molar-refractivity contribution in [3.8, 4) is 0 Å². The van der Waals surface area contributed by atoms with Crippen LogP contribution in [0.4, 0.5) is 32.0 Å². The van der Waals surface area contributed by atoms with Crippen LogP contribution in [0, 0.1) is 0 Å². The summed E-state index contributed by atoms with van der Waals surface area (Å²) in [5.74, 6) is -0.329. The molecule has 0 saturated carbocycles. The number of imidazole rings is 1. The number of nitrogens with one attached hydrogen (secondary N) is 3. The van der Waals surface area contributed by atoms with Gasteiger partial charge in [0.25, 0.3) is 5.60 Å². The molecule has 32 heavy (non-hydrogen) atoms. The van der Waals surface area contributed by atoms with Crippen LogP contribution >= 0.6 is 0 Å². The number of fused-ring (bicyclic) bond motifs is 3. The summed E-state index contributed by atoms with van der Waals surface area (Å²) in [5.41, 5.74) is -4.73. The van der Waals surface area contributed by atoms with Gasteiger partial charge in [0.1, 0.15) is 17.0 Å². The Morgan fingerprint density at radius 3 is 2.31 bits per heavy atom. The number of rotatable bonds is 4. The monoisotopic (exact) mass is 457 g/mol. The number of alkyl halides is 6. The van der Waals surface area contributed by atoms with Gasteiger partial charge in [-0.3, -0.25) is 4.79 Å². The third-order valence-electron chi connectivity index (χ3n) is 4.82. The number of benzene rings is 1. The molecule has 0 aliphatic heterocycles. The van der Waals surface area contributed by atoms with Gasteiger partial charge in [-0.1, -0.05) is 12.1 Å². The molecule has 1 amide bonds. The van der Waals surface area contributed by atoms with Crippen LogP contribution in [0.3, 0.4) is 0 Å². The van der Waals surface area contributed by atoms with E-state index in [1.807, 2.05) is 0 Å². The van der Waals surface area contributed by atoms with Crippen LogP contribution in [0.1, 0.15) is 11.4 Å². The van der Waals surface area contributed by atoms with Crippen LogP contribution in [-0.4, -0.2) is 43.3 Å². The number of aromatic nitrogens is 4. The lowest BCUT2D eigenvalue weighted by Crippen LogP contribution is -2.53. The standard InChI is InChI=1S/C19H13F6N5O2/c20-18(21,22)17(32,19(23,24)25)9-1-3-10(4-2-9)28-14(31)7-13-29-12-8-27-16-11(5-6-26-16)15(12)30-13/h1-6,8,32H,7H2,(H,26,27)(H,28,31)(H,29,30). The van der Waals surface area contributed by atoms with Crippen LogP contribution in [-0.2, 0) is 16.8 Å². The molecule has 4 rings (SSSR count). The van der Waals surface area contributed by atoms with E-state index >= 15 is 0 Å². The smallest absolute Gasteiger partial charge is 0.369 e. The maximum absolute atomic E-state index is 12.9. The molecular formula is C19H13F6N5O2. The van der Waals surface area contributed by atoms with Crippen molar-refractivity contribution in [3.63, 3.8) is 0 Å². The summed E-state index contributed by atoms with van der Waals surface area (Å²) < 4.78 is 77.7. The van der Waals surface area contributed by atoms with Gasteiger partial charge in [0.05, 0.1) is 18.1 Å². The Labute approximate surface area is 174 Å². The molecule has 4 aromatic rings. The van der Waals surface area contributed by atoms with Crippen molar-refractivity contribution < 1.29 is 36.2 Å². The fraction of sp³-hybridized carbons (Fsp3) is 0.211. The lowest BCUT2D eigenvalue weighted by atomic mass is 9.92. The maximum atomic E-state index is 12.9. The number of carbonyl (C=O) groups excluding carboxylic acids is 1. The minimum Gasteiger partial charge on any atom is -0.369 e. The number of amides is 1. The zero-order valence-electron chi connectivity index (χ0n) is 15.8. The third kappa shape index (κ3) is 3.53. The molecule has 1 aromatic carbocycles. The van der Waals surface area contributed by atoms with Crippen molar-refractivity contribution in [1.82, 2.24) is 19.9 Å². The molecular weight excluding hydrogens is 444 g/mol. The highest BCUT2D eigenvalue weighted by Crippen LogP contribution is 2.50. The second kappa shape index (κ2) is 7.22. The van der Waals surface area contributed by atoms with Crippen molar-refractivity contribution >= 4 is 33.7 Å². The van der Waals surface area contributed by atoms with Gasteiger partial charge in [-0.25, -0.2) is 9.97 Å². The molecule has 0 radical (unpaired) electrons. The molecule has 0 spiro atoms. The molecule has 0 aliphatic carbocycles. The summed E-state index contributed by atoms with van der Waals surface area (Å²) in [6.45, 7) is 0. The molecule has 0 unspecified atom stereocenters. The van der Waals surface area contributed by atoms with Gasteiger partial charge in [0.2, 0.25) is 5.91 Å². The highest BCUT2D eigenvalue weighted by molar-refractivity contribution is 6.01. The topological polar surface area (TPSA) is 107 Å². The number of halogens is 6. The number of anilines is 1. The van der Waals surface area contributed by atoms with Crippen molar-refractivity contribution in [2.24, 2.45) is 0 Å². The van der Waals surface area contributed by atoms with Crippen LogP contribution in [0.2, 0.25) is 0 Å². The van der Waals surface area contributed by atoms with Crippen molar-refractivity contribution in [1.29, 1.82) is 0 Å². The van der Waals surface area contributed by atoms with E-state index in [1.165, 1.54) is 6.20 Å². The van der Waals surface area contributed by atoms with E-state index in [0.29, 0.717) is 28.8 Å². The first-order valence-electron chi connectivity index (χ1n) is 8.97. The molecule has 0 saturated heterocycles. The molecule has 168 valence electrons. The Balaban J connectivity index is 1.51. The van der Waals surface area contributed by atoms with Gasteiger partial charge in [-0.15, -0.1) is 0 Å². The van der Waals surface area contributed by atoms with Gasteiger partial charge in [0.15, 0.2) is 0 Å². The quantitative estimate of drug-likeness (QED) is 0.349. The highest BCUT2D eigenvalue weighted by atomic mass is 19.4. The summed E-state index contributed by atoms with van der Waals surface area (Å²) >= 11 is 0.